The lowest BCUT2D eigenvalue weighted by Crippen LogP contribution is -2.45. The van der Waals surface area contributed by atoms with Crippen molar-refractivity contribution in [3.8, 4) is 6.07 Å². The zero-order valence-electron chi connectivity index (χ0n) is 11.1. The van der Waals surface area contributed by atoms with Crippen LogP contribution in [-0.2, 0) is 0 Å². The summed E-state index contributed by atoms with van der Waals surface area (Å²) in [5.41, 5.74) is 0.877. The molecule has 0 bridgehead atoms. The Labute approximate surface area is 108 Å². The average Bonchev–Trinajstić information content (AvgIpc) is 2.34. The number of benzene rings is 1. The number of amides is 1. The van der Waals surface area contributed by atoms with Gasteiger partial charge in [0.15, 0.2) is 0 Å². The van der Waals surface area contributed by atoms with Gasteiger partial charge >= 0.3 is 0 Å². The van der Waals surface area contributed by atoms with Crippen LogP contribution in [0.2, 0.25) is 0 Å². The molecule has 3 nitrogen and oxygen atoms in total. The molecule has 0 aliphatic carbocycles. The fourth-order valence-corrected chi connectivity index (χ4v) is 1.63. The summed E-state index contributed by atoms with van der Waals surface area (Å²) in [5.74, 6) is -0.0492. The van der Waals surface area contributed by atoms with E-state index in [0.29, 0.717) is 17.7 Å². The van der Waals surface area contributed by atoms with Crippen molar-refractivity contribution in [2.45, 2.75) is 26.3 Å². The van der Waals surface area contributed by atoms with Crippen molar-refractivity contribution in [3.05, 3.63) is 48.0 Å². The molecule has 0 aliphatic rings. The van der Waals surface area contributed by atoms with E-state index in [0.717, 1.165) is 0 Å². The maximum absolute atomic E-state index is 12.4. The topological polar surface area (TPSA) is 44.1 Å². The van der Waals surface area contributed by atoms with Crippen molar-refractivity contribution in [2.75, 3.05) is 6.54 Å². The molecular weight excluding hydrogens is 224 g/mol. The average molecular weight is 242 g/mol. The third kappa shape index (κ3) is 3.21. The predicted molar refractivity (Wildman–Crippen MR) is 72.1 cm³/mol. The summed E-state index contributed by atoms with van der Waals surface area (Å²) in [4.78, 5) is 14.1. The molecule has 0 saturated carbocycles. The highest BCUT2D eigenvalue weighted by Gasteiger charge is 2.26. The highest BCUT2D eigenvalue weighted by Crippen LogP contribution is 2.17. The molecule has 0 saturated heterocycles. The van der Waals surface area contributed by atoms with Crippen molar-refractivity contribution in [1.29, 1.82) is 5.26 Å². The minimum absolute atomic E-state index is 0.0492. The molecule has 1 rings (SSSR count). The van der Waals surface area contributed by atoms with Gasteiger partial charge in [0, 0.05) is 17.6 Å². The van der Waals surface area contributed by atoms with Crippen molar-refractivity contribution in [3.63, 3.8) is 0 Å². The highest BCUT2D eigenvalue weighted by molar-refractivity contribution is 5.94. The first-order valence-corrected chi connectivity index (χ1v) is 5.83. The first kappa shape index (κ1) is 14.0. The monoisotopic (exact) mass is 242 g/mol. The lowest BCUT2D eigenvalue weighted by molar-refractivity contribution is 0.0616. The molecule has 1 amide bonds. The summed E-state index contributed by atoms with van der Waals surface area (Å²) in [6, 6.07) is 8.71. The first-order chi connectivity index (χ1) is 8.40. The van der Waals surface area contributed by atoms with Crippen LogP contribution in [0.5, 0.6) is 0 Å². The van der Waals surface area contributed by atoms with Crippen LogP contribution >= 0.6 is 0 Å². The van der Waals surface area contributed by atoms with Gasteiger partial charge in [-0.15, -0.1) is 6.58 Å². The fourth-order valence-electron chi connectivity index (χ4n) is 1.63. The van der Waals surface area contributed by atoms with Crippen LogP contribution in [0.4, 0.5) is 0 Å². The molecule has 3 heteroatoms. The molecule has 0 aromatic heterocycles. The van der Waals surface area contributed by atoms with Gasteiger partial charge in [-0.3, -0.25) is 4.79 Å². The molecule has 0 N–H and O–H groups in total. The Balaban J connectivity index is 3.02. The van der Waals surface area contributed by atoms with E-state index in [1.54, 1.807) is 35.2 Å². The first-order valence-electron chi connectivity index (χ1n) is 5.83. The number of nitrogens with zero attached hydrogens (tertiary/aromatic N) is 2. The Hall–Kier alpha value is -2.08. The number of carbonyl (C=O) groups is 1. The summed E-state index contributed by atoms with van der Waals surface area (Å²) in [6.45, 7) is 10.1. The van der Waals surface area contributed by atoms with E-state index in [1.165, 1.54) is 0 Å². The molecule has 1 aromatic carbocycles. The highest BCUT2D eigenvalue weighted by atomic mass is 16.2. The number of nitriles is 1. The molecule has 0 fully saturated rings. The van der Waals surface area contributed by atoms with Crippen LogP contribution in [0.1, 0.15) is 36.7 Å². The van der Waals surface area contributed by atoms with Gasteiger partial charge in [0.05, 0.1) is 11.6 Å². The quantitative estimate of drug-likeness (QED) is 0.765. The van der Waals surface area contributed by atoms with Crippen LogP contribution in [0.15, 0.2) is 36.9 Å². The normalized spacial score (nSPS) is 10.6. The minimum atomic E-state index is -0.265. The van der Waals surface area contributed by atoms with Gasteiger partial charge < -0.3 is 4.90 Å². The molecule has 0 aliphatic heterocycles. The van der Waals surface area contributed by atoms with E-state index in [2.05, 4.69) is 6.58 Å². The second kappa shape index (κ2) is 5.50. The van der Waals surface area contributed by atoms with Gasteiger partial charge in [-0.25, -0.2) is 0 Å². The number of carbonyl (C=O) groups excluding carboxylic acids is 1. The number of hydrogen-bond acceptors (Lipinski definition) is 2. The third-order valence-corrected chi connectivity index (χ3v) is 2.63. The van der Waals surface area contributed by atoms with E-state index in [4.69, 9.17) is 5.26 Å². The molecule has 94 valence electrons. The predicted octanol–water partition coefficient (Wildman–Crippen LogP) is 2.98. The van der Waals surface area contributed by atoms with Gasteiger partial charge in [-0.1, -0.05) is 6.08 Å². The van der Waals surface area contributed by atoms with Crippen LogP contribution in [0.3, 0.4) is 0 Å². The van der Waals surface area contributed by atoms with Gasteiger partial charge in [-0.2, -0.15) is 5.26 Å². The van der Waals surface area contributed by atoms with E-state index < -0.39 is 0 Å². The van der Waals surface area contributed by atoms with Crippen molar-refractivity contribution in [2.24, 2.45) is 0 Å². The van der Waals surface area contributed by atoms with E-state index >= 15 is 0 Å². The lowest BCUT2D eigenvalue weighted by atomic mass is 10.0. The zero-order valence-corrected chi connectivity index (χ0v) is 11.1. The summed E-state index contributed by atoms with van der Waals surface area (Å²) in [6.07, 6.45) is 1.72. The SMILES string of the molecule is C=CCN(C(=O)c1ccc(C#N)cc1)C(C)(C)C. The Bertz CT molecular complexity index is 475. The summed E-state index contributed by atoms with van der Waals surface area (Å²) >= 11 is 0. The van der Waals surface area contributed by atoms with Crippen molar-refractivity contribution in [1.82, 2.24) is 4.90 Å². The molecule has 0 unspecified atom stereocenters. The van der Waals surface area contributed by atoms with Gasteiger partial charge in [0.1, 0.15) is 0 Å². The second-order valence-electron chi connectivity index (χ2n) is 5.06. The number of rotatable bonds is 3. The van der Waals surface area contributed by atoms with Crippen LogP contribution in [0.25, 0.3) is 0 Å². The van der Waals surface area contributed by atoms with E-state index in [-0.39, 0.29) is 11.4 Å². The Morgan fingerprint density at radius 3 is 2.33 bits per heavy atom. The minimum Gasteiger partial charge on any atom is -0.330 e. The molecule has 0 radical (unpaired) electrons. The van der Waals surface area contributed by atoms with Crippen LogP contribution < -0.4 is 0 Å². The molecule has 1 aromatic rings. The van der Waals surface area contributed by atoms with E-state index in [1.807, 2.05) is 26.8 Å². The molecule has 0 spiro atoms. The maximum atomic E-state index is 12.4. The molecular formula is C15H18N2O. The molecule has 0 heterocycles. The standard InChI is InChI=1S/C15H18N2O/c1-5-10-17(15(2,3)4)14(18)13-8-6-12(11-16)7-9-13/h5-9H,1,10H2,2-4H3. The van der Waals surface area contributed by atoms with Crippen molar-refractivity contribution >= 4 is 5.91 Å². The molecule has 18 heavy (non-hydrogen) atoms. The van der Waals surface area contributed by atoms with Gasteiger partial charge in [0.2, 0.25) is 0 Å². The Morgan fingerprint density at radius 1 is 1.39 bits per heavy atom. The summed E-state index contributed by atoms with van der Waals surface area (Å²) in [5, 5.41) is 8.73. The van der Waals surface area contributed by atoms with E-state index in [9.17, 15) is 4.79 Å². The van der Waals surface area contributed by atoms with Gasteiger partial charge in [-0.05, 0) is 45.0 Å². The Kier molecular flexibility index (Phi) is 4.28. The van der Waals surface area contributed by atoms with Crippen LogP contribution in [-0.4, -0.2) is 22.9 Å². The Morgan fingerprint density at radius 2 is 1.94 bits per heavy atom. The fraction of sp³-hybridized carbons (Fsp3) is 0.333. The number of hydrogen-bond donors (Lipinski definition) is 0. The maximum Gasteiger partial charge on any atom is 0.254 e. The molecule has 0 atom stereocenters. The lowest BCUT2D eigenvalue weighted by Gasteiger charge is -2.35. The summed E-state index contributed by atoms with van der Waals surface area (Å²) < 4.78 is 0. The van der Waals surface area contributed by atoms with Crippen LogP contribution in [0, 0.1) is 11.3 Å². The largest absolute Gasteiger partial charge is 0.330 e. The second-order valence-corrected chi connectivity index (χ2v) is 5.06. The smallest absolute Gasteiger partial charge is 0.254 e. The van der Waals surface area contributed by atoms with Gasteiger partial charge in [0.25, 0.3) is 5.91 Å². The van der Waals surface area contributed by atoms with Crippen molar-refractivity contribution < 1.29 is 4.79 Å². The summed E-state index contributed by atoms with van der Waals surface area (Å²) in [7, 11) is 0. The third-order valence-electron chi connectivity index (χ3n) is 2.63. The zero-order chi connectivity index (χ0) is 13.8.